The zero-order chi connectivity index (χ0) is 12.0. The molecule has 0 spiro atoms. The SMILES string of the molecule is CC12CCC(=O)NC1=CCc1cc(F)ccc12. The quantitative estimate of drug-likeness (QED) is 0.730. The average molecular weight is 231 g/mol. The maximum atomic E-state index is 13.2. The largest absolute Gasteiger partial charge is 0.329 e. The highest BCUT2D eigenvalue weighted by molar-refractivity contribution is 5.80. The summed E-state index contributed by atoms with van der Waals surface area (Å²) in [5.41, 5.74) is 3.01. The summed E-state index contributed by atoms with van der Waals surface area (Å²) in [6, 6.07) is 4.96. The van der Waals surface area contributed by atoms with E-state index in [0.717, 1.165) is 23.2 Å². The zero-order valence-corrected chi connectivity index (χ0v) is 9.72. The first-order chi connectivity index (χ1) is 8.09. The second-order valence-corrected chi connectivity index (χ2v) is 5.00. The smallest absolute Gasteiger partial charge is 0.224 e. The van der Waals surface area contributed by atoms with Crippen molar-refractivity contribution in [2.45, 2.75) is 31.6 Å². The minimum Gasteiger partial charge on any atom is -0.329 e. The molecule has 1 unspecified atom stereocenters. The van der Waals surface area contributed by atoms with Crippen LogP contribution in [0.25, 0.3) is 0 Å². The van der Waals surface area contributed by atoms with E-state index in [4.69, 9.17) is 0 Å². The molecule has 0 radical (unpaired) electrons. The molecule has 2 aliphatic rings. The summed E-state index contributed by atoms with van der Waals surface area (Å²) in [4.78, 5) is 11.4. The predicted octanol–water partition coefficient (Wildman–Crippen LogP) is 2.43. The molecule has 1 aromatic rings. The molecule has 1 amide bonds. The molecule has 1 saturated heterocycles. The van der Waals surface area contributed by atoms with Gasteiger partial charge in [-0.15, -0.1) is 0 Å². The number of carbonyl (C=O) groups excluding carboxylic acids is 1. The van der Waals surface area contributed by atoms with Gasteiger partial charge in [0.25, 0.3) is 0 Å². The Hall–Kier alpha value is -1.64. The van der Waals surface area contributed by atoms with Gasteiger partial charge in [0, 0.05) is 17.5 Å². The van der Waals surface area contributed by atoms with Gasteiger partial charge in [-0.05, 0) is 43.0 Å². The number of benzene rings is 1. The van der Waals surface area contributed by atoms with Gasteiger partial charge in [0.1, 0.15) is 5.82 Å². The van der Waals surface area contributed by atoms with Crippen molar-refractivity contribution in [2.75, 3.05) is 0 Å². The fourth-order valence-electron chi connectivity index (χ4n) is 2.89. The maximum Gasteiger partial charge on any atom is 0.224 e. The van der Waals surface area contributed by atoms with Crippen molar-refractivity contribution in [1.82, 2.24) is 5.32 Å². The van der Waals surface area contributed by atoms with Gasteiger partial charge in [-0.25, -0.2) is 4.39 Å². The van der Waals surface area contributed by atoms with Crippen molar-refractivity contribution < 1.29 is 9.18 Å². The Labute approximate surface area is 99.5 Å². The van der Waals surface area contributed by atoms with Gasteiger partial charge in [0.15, 0.2) is 0 Å². The number of carbonyl (C=O) groups is 1. The number of allylic oxidation sites excluding steroid dienone is 2. The number of hydrogen-bond acceptors (Lipinski definition) is 1. The molecule has 0 saturated carbocycles. The molecule has 0 bridgehead atoms. The third kappa shape index (κ3) is 1.49. The first-order valence-electron chi connectivity index (χ1n) is 5.89. The highest BCUT2D eigenvalue weighted by atomic mass is 19.1. The summed E-state index contributed by atoms with van der Waals surface area (Å²) in [5.74, 6) is -0.108. The molecule has 1 heterocycles. The van der Waals surface area contributed by atoms with Gasteiger partial charge < -0.3 is 5.32 Å². The Balaban J connectivity index is 2.12. The lowest BCUT2D eigenvalue weighted by Crippen LogP contribution is -2.44. The number of piperidine rings is 1. The first-order valence-corrected chi connectivity index (χ1v) is 5.89. The van der Waals surface area contributed by atoms with Crippen molar-refractivity contribution in [2.24, 2.45) is 0 Å². The van der Waals surface area contributed by atoms with Crippen LogP contribution in [0.1, 0.15) is 30.9 Å². The normalized spacial score (nSPS) is 26.7. The zero-order valence-electron chi connectivity index (χ0n) is 9.72. The van der Waals surface area contributed by atoms with Crippen LogP contribution >= 0.6 is 0 Å². The molecule has 1 N–H and O–H groups in total. The van der Waals surface area contributed by atoms with Crippen LogP contribution < -0.4 is 5.32 Å². The highest BCUT2D eigenvalue weighted by Crippen LogP contribution is 2.42. The van der Waals surface area contributed by atoms with E-state index in [2.05, 4.69) is 12.2 Å². The number of hydrogen-bond donors (Lipinski definition) is 1. The van der Waals surface area contributed by atoms with Crippen LogP contribution in [-0.2, 0) is 16.6 Å². The van der Waals surface area contributed by atoms with Crippen molar-refractivity contribution in [3.05, 3.63) is 46.9 Å². The summed E-state index contributed by atoms with van der Waals surface area (Å²) < 4.78 is 13.2. The Morgan fingerprint density at radius 3 is 3.06 bits per heavy atom. The van der Waals surface area contributed by atoms with E-state index < -0.39 is 0 Å². The van der Waals surface area contributed by atoms with E-state index in [-0.39, 0.29) is 17.1 Å². The fraction of sp³-hybridized carbons (Fsp3) is 0.357. The van der Waals surface area contributed by atoms with Crippen LogP contribution in [0.15, 0.2) is 30.0 Å². The average Bonchev–Trinajstić information content (AvgIpc) is 2.30. The Morgan fingerprint density at radius 2 is 2.24 bits per heavy atom. The lowest BCUT2D eigenvalue weighted by atomic mass is 9.68. The summed E-state index contributed by atoms with van der Waals surface area (Å²) in [6.07, 6.45) is 4.03. The lowest BCUT2D eigenvalue weighted by Gasteiger charge is -2.40. The Morgan fingerprint density at radius 1 is 1.41 bits per heavy atom. The maximum absolute atomic E-state index is 13.2. The topological polar surface area (TPSA) is 29.1 Å². The number of nitrogens with one attached hydrogen (secondary N) is 1. The number of halogens is 1. The van der Waals surface area contributed by atoms with Crippen LogP contribution in [0.2, 0.25) is 0 Å². The van der Waals surface area contributed by atoms with Gasteiger partial charge in [0.2, 0.25) is 5.91 Å². The van der Waals surface area contributed by atoms with Crippen molar-refractivity contribution in [3.63, 3.8) is 0 Å². The second-order valence-electron chi connectivity index (χ2n) is 5.00. The molecular formula is C14H14FNO. The first kappa shape index (κ1) is 10.5. The molecule has 1 aliphatic heterocycles. The molecule has 88 valence electrons. The molecule has 1 aromatic carbocycles. The number of amides is 1. The molecule has 1 aliphatic carbocycles. The summed E-state index contributed by atoms with van der Waals surface area (Å²) >= 11 is 0. The van der Waals surface area contributed by atoms with Gasteiger partial charge in [0.05, 0.1) is 0 Å². The Kier molecular flexibility index (Phi) is 2.12. The van der Waals surface area contributed by atoms with Crippen LogP contribution in [0, 0.1) is 5.82 Å². The molecule has 0 aromatic heterocycles. The Bertz CT molecular complexity index is 535. The van der Waals surface area contributed by atoms with E-state index >= 15 is 0 Å². The van der Waals surface area contributed by atoms with E-state index in [0.29, 0.717) is 12.8 Å². The molecule has 17 heavy (non-hydrogen) atoms. The second kappa shape index (κ2) is 3.42. The molecule has 1 fully saturated rings. The molecule has 1 atom stereocenters. The van der Waals surface area contributed by atoms with Crippen LogP contribution in [0.4, 0.5) is 4.39 Å². The van der Waals surface area contributed by atoms with Gasteiger partial charge in [-0.3, -0.25) is 4.79 Å². The predicted molar refractivity (Wildman–Crippen MR) is 62.9 cm³/mol. The van der Waals surface area contributed by atoms with Gasteiger partial charge in [-0.2, -0.15) is 0 Å². The minimum absolute atomic E-state index is 0.0827. The van der Waals surface area contributed by atoms with Crippen molar-refractivity contribution in [3.8, 4) is 0 Å². The van der Waals surface area contributed by atoms with E-state index in [1.54, 1.807) is 6.07 Å². The molecule has 3 heteroatoms. The van der Waals surface area contributed by atoms with Crippen molar-refractivity contribution >= 4 is 5.91 Å². The third-order valence-corrected chi connectivity index (χ3v) is 3.91. The summed E-state index contributed by atoms with van der Waals surface area (Å²) in [7, 11) is 0. The molecule has 2 nitrogen and oxygen atoms in total. The third-order valence-electron chi connectivity index (χ3n) is 3.91. The minimum atomic E-state index is -0.191. The molecular weight excluding hydrogens is 217 g/mol. The van der Waals surface area contributed by atoms with Crippen LogP contribution in [-0.4, -0.2) is 5.91 Å². The monoisotopic (exact) mass is 231 g/mol. The number of fused-ring (bicyclic) bond motifs is 3. The fourth-order valence-corrected chi connectivity index (χ4v) is 2.89. The summed E-state index contributed by atoms with van der Waals surface area (Å²) in [5, 5.41) is 2.94. The van der Waals surface area contributed by atoms with E-state index in [1.807, 2.05) is 12.1 Å². The van der Waals surface area contributed by atoms with Crippen molar-refractivity contribution in [1.29, 1.82) is 0 Å². The molecule has 3 rings (SSSR count). The van der Waals surface area contributed by atoms with Gasteiger partial charge >= 0.3 is 0 Å². The standard InChI is InChI=1S/C14H14FNO/c1-14-7-6-13(17)16-12(14)5-2-9-8-10(15)3-4-11(9)14/h3-5,8H,2,6-7H2,1H3,(H,16,17). The van der Waals surface area contributed by atoms with E-state index in [1.165, 1.54) is 6.07 Å². The number of rotatable bonds is 0. The van der Waals surface area contributed by atoms with E-state index in [9.17, 15) is 9.18 Å². The van der Waals surface area contributed by atoms with Crippen LogP contribution in [0.3, 0.4) is 0 Å². The summed E-state index contributed by atoms with van der Waals surface area (Å²) in [6.45, 7) is 2.12. The highest BCUT2D eigenvalue weighted by Gasteiger charge is 2.39. The van der Waals surface area contributed by atoms with Crippen LogP contribution in [0.5, 0.6) is 0 Å². The lowest BCUT2D eigenvalue weighted by molar-refractivity contribution is -0.122. The van der Waals surface area contributed by atoms with Gasteiger partial charge in [-0.1, -0.05) is 12.1 Å².